The van der Waals surface area contributed by atoms with Gasteiger partial charge in [0.1, 0.15) is 0 Å². The Labute approximate surface area is 183 Å². The summed E-state index contributed by atoms with van der Waals surface area (Å²) in [6.45, 7) is 8.18. The Hall–Kier alpha value is -3.22. The number of amides is 1. The van der Waals surface area contributed by atoms with Crippen LogP contribution in [0.2, 0.25) is 0 Å². The molecular formula is C24H30N6O. The van der Waals surface area contributed by atoms with E-state index in [-0.39, 0.29) is 5.91 Å². The fourth-order valence-electron chi connectivity index (χ4n) is 4.21. The average molecular weight is 419 g/mol. The molecule has 7 nitrogen and oxygen atoms in total. The van der Waals surface area contributed by atoms with Gasteiger partial charge in [-0.15, -0.1) is 10.2 Å². The number of carbonyl (C=O) groups excluding carboxylic acids is 1. The number of hydrogen-bond acceptors (Lipinski definition) is 5. The minimum atomic E-state index is 0.0159. The monoisotopic (exact) mass is 418 g/mol. The molecule has 0 radical (unpaired) electrons. The third-order valence-electron chi connectivity index (χ3n) is 6.00. The largest absolute Gasteiger partial charge is 0.355 e. The van der Waals surface area contributed by atoms with Crippen molar-refractivity contribution < 1.29 is 4.79 Å². The highest BCUT2D eigenvalue weighted by Gasteiger charge is 2.17. The summed E-state index contributed by atoms with van der Waals surface area (Å²) in [6.07, 6.45) is 4.35. The molecule has 0 unspecified atom stereocenters. The second kappa shape index (κ2) is 9.29. The molecule has 1 saturated heterocycles. The second-order valence-corrected chi connectivity index (χ2v) is 8.06. The number of rotatable bonds is 7. The molecule has 2 aromatic heterocycles. The Balaban J connectivity index is 1.44. The molecule has 1 aliphatic heterocycles. The minimum Gasteiger partial charge on any atom is -0.355 e. The number of aryl methyl sites for hydroxylation is 2. The first-order chi connectivity index (χ1) is 15.1. The van der Waals surface area contributed by atoms with Crippen LogP contribution in [-0.4, -0.2) is 39.0 Å². The van der Waals surface area contributed by atoms with Crippen LogP contribution >= 0.6 is 0 Å². The Morgan fingerprint density at radius 2 is 1.74 bits per heavy atom. The number of para-hydroxylation sites is 1. The standard InChI is InChI=1S/C24H30N6O/c1-4-19-9-5-6-10-21(19)25-24(31)14-11-20-17(2)28-30(18(20)3)23-13-12-22(26-27-23)29-15-7-8-16-29/h5-6,9-10,12-13H,4,7-8,11,14-16H2,1-3H3,(H,25,31). The van der Waals surface area contributed by atoms with Gasteiger partial charge in [0.25, 0.3) is 0 Å². The summed E-state index contributed by atoms with van der Waals surface area (Å²) in [7, 11) is 0. The molecule has 1 aliphatic rings. The normalized spacial score (nSPS) is 13.6. The third-order valence-corrected chi connectivity index (χ3v) is 6.00. The van der Waals surface area contributed by atoms with E-state index in [0.717, 1.165) is 53.5 Å². The van der Waals surface area contributed by atoms with Gasteiger partial charge in [-0.3, -0.25) is 4.79 Å². The first-order valence-electron chi connectivity index (χ1n) is 11.1. The molecule has 4 rings (SSSR count). The maximum atomic E-state index is 12.6. The van der Waals surface area contributed by atoms with Gasteiger partial charge in [-0.1, -0.05) is 25.1 Å². The Bertz CT molecular complexity index is 1050. The molecule has 0 bridgehead atoms. The third kappa shape index (κ3) is 4.60. The number of nitrogens with zero attached hydrogens (tertiary/aromatic N) is 5. The van der Waals surface area contributed by atoms with E-state index in [1.807, 2.05) is 54.9 Å². The zero-order valence-electron chi connectivity index (χ0n) is 18.6. The Morgan fingerprint density at radius 3 is 2.45 bits per heavy atom. The summed E-state index contributed by atoms with van der Waals surface area (Å²) in [5.41, 5.74) is 5.05. The zero-order chi connectivity index (χ0) is 21.8. The zero-order valence-corrected chi connectivity index (χ0v) is 18.6. The number of aromatic nitrogens is 4. The van der Waals surface area contributed by atoms with E-state index in [9.17, 15) is 4.79 Å². The van der Waals surface area contributed by atoms with Crippen LogP contribution in [0.5, 0.6) is 0 Å². The summed E-state index contributed by atoms with van der Waals surface area (Å²) < 4.78 is 1.83. The lowest BCUT2D eigenvalue weighted by Crippen LogP contribution is -2.19. The van der Waals surface area contributed by atoms with Crippen LogP contribution in [0.25, 0.3) is 5.82 Å². The maximum absolute atomic E-state index is 12.6. The van der Waals surface area contributed by atoms with Crippen molar-refractivity contribution in [1.82, 2.24) is 20.0 Å². The van der Waals surface area contributed by atoms with Crippen LogP contribution in [-0.2, 0) is 17.6 Å². The molecule has 0 aliphatic carbocycles. The van der Waals surface area contributed by atoms with Gasteiger partial charge in [-0.25, -0.2) is 4.68 Å². The highest BCUT2D eigenvalue weighted by molar-refractivity contribution is 5.91. The molecule has 1 fully saturated rings. The summed E-state index contributed by atoms with van der Waals surface area (Å²) >= 11 is 0. The lowest BCUT2D eigenvalue weighted by molar-refractivity contribution is -0.116. The van der Waals surface area contributed by atoms with Crippen molar-refractivity contribution in [3.05, 3.63) is 58.9 Å². The van der Waals surface area contributed by atoms with Gasteiger partial charge in [0.2, 0.25) is 5.91 Å². The van der Waals surface area contributed by atoms with Gasteiger partial charge in [0.05, 0.1) is 5.69 Å². The van der Waals surface area contributed by atoms with Crippen LogP contribution < -0.4 is 10.2 Å². The molecule has 0 spiro atoms. The Kier molecular flexibility index (Phi) is 6.30. The molecule has 0 atom stereocenters. The van der Waals surface area contributed by atoms with E-state index in [1.54, 1.807) is 0 Å². The van der Waals surface area contributed by atoms with E-state index >= 15 is 0 Å². The molecule has 7 heteroatoms. The number of nitrogens with one attached hydrogen (secondary N) is 1. The molecule has 1 amide bonds. The Morgan fingerprint density at radius 1 is 1.03 bits per heavy atom. The first-order valence-corrected chi connectivity index (χ1v) is 11.1. The fraction of sp³-hybridized carbons (Fsp3) is 0.417. The quantitative estimate of drug-likeness (QED) is 0.627. The number of anilines is 2. The summed E-state index contributed by atoms with van der Waals surface area (Å²) in [5, 5.41) is 16.5. The molecular weight excluding hydrogens is 388 g/mol. The van der Waals surface area contributed by atoms with Crippen molar-refractivity contribution in [2.24, 2.45) is 0 Å². The van der Waals surface area contributed by atoms with Gasteiger partial charge >= 0.3 is 0 Å². The van der Waals surface area contributed by atoms with Crippen LogP contribution in [0.4, 0.5) is 11.5 Å². The lowest BCUT2D eigenvalue weighted by atomic mass is 10.1. The van der Waals surface area contributed by atoms with Crippen LogP contribution in [0, 0.1) is 13.8 Å². The number of hydrogen-bond donors (Lipinski definition) is 1. The fourth-order valence-corrected chi connectivity index (χ4v) is 4.21. The lowest BCUT2D eigenvalue weighted by Gasteiger charge is -2.15. The highest BCUT2D eigenvalue weighted by Crippen LogP contribution is 2.21. The van der Waals surface area contributed by atoms with Crippen molar-refractivity contribution >= 4 is 17.4 Å². The van der Waals surface area contributed by atoms with Crippen LogP contribution in [0.3, 0.4) is 0 Å². The van der Waals surface area contributed by atoms with Crippen molar-refractivity contribution in [3.63, 3.8) is 0 Å². The molecule has 31 heavy (non-hydrogen) atoms. The van der Waals surface area contributed by atoms with Gasteiger partial charge in [-0.05, 0) is 68.9 Å². The van der Waals surface area contributed by atoms with Crippen LogP contribution in [0.1, 0.15) is 48.7 Å². The molecule has 1 aromatic carbocycles. The van der Waals surface area contributed by atoms with E-state index in [4.69, 9.17) is 0 Å². The molecule has 3 aromatic rings. The summed E-state index contributed by atoms with van der Waals surface area (Å²) in [6, 6.07) is 11.9. The van der Waals surface area contributed by atoms with Gasteiger partial charge < -0.3 is 10.2 Å². The number of carbonyl (C=O) groups is 1. The molecule has 162 valence electrons. The SMILES string of the molecule is CCc1ccccc1NC(=O)CCc1c(C)nn(-c2ccc(N3CCCC3)nn2)c1C. The predicted molar refractivity (Wildman–Crippen MR) is 123 cm³/mol. The molecule has 1 N–H and O–H groups in total. The predicted octanol–water partition coefficient (Wildman–Crippen LogP) is 4.01. The van der Waals surface area contributed by atoms with E-state index in [2.05, 4.69) is 32.4 Å². The first kappa shape index (κ1) is 21.0. The number of benzene rings is 1. The molecule has 3 heterocycles. The van der Waals surface area contributed by atoms with Crippen molar-refractivity contribution in [1.29, 1.82) is 0 Å². The maximum Gasteiger partial charge on any atom is 0.224 e. The average Bonchev–Trinajstić information content (AvgIpc) is 3.41. The van der Waals surface area contributed by atoms with Crippen molar-refractivity contribution in [3.8, 4) is 5.82 Å². The van der Waals surface area contributed by atoms with Gasteiger partial charge in [0.15, 0.2) is 11.6 Å². The smallest absolute Gasteiger partial charge is 0.224 e. The minimum absolute atomic E-state index is 0.0159. The molecule has 0 saturated carbocycles. The van der Waals surface area contributed by atoms with E-state index in [0.29, 0.717) is 18.7 Å². The van der Waals surface area contributed by atoms with Crippen molar-refractivity contribution in [2.75, 3.05) is 23.3 Å². The summed E-state index contributed by atoms with van der Waals surface area (Å²) in [4.78, 5) is 14.8. The van der Waals surface area contributed by atoms with E-state index < -0.39 is 0 Å². The topological polar surface area (TPSA) is 75.9 Å². The van der Waals surface area contributed by atoms with Crippen molar-refractivity contribution in [2.45, 2.75) is 52.9 Å². The van der Waals surface area contributed by atoms with Crippen LogP contribution in [0.15, 0.2) is 36.4 Å². The van der Waals surface area contributed by atoms with Gasteiger partial charge in [-0.2, -0.15) is 5.10 Å². The second-order valence-electron chi connectivity index (χ2n) is 8.06. The summed E-state index contributed by atoms with van der Waals surface area (Å²) in [5.74, 6) is 1.64. The van der Waals surface area contributed by atoms with E-state index in [1.165, 1.54) is 12.8 Å². The highest BCUT2D eigenvalue weighted by atomic mass is 16.1. The van der Waals surface area contributed by atoms with Gasteiger partial charge in [0, 0.05) is 30.9 Å².